The van der Waals surface area contributed by atoms with Gasteiger partial charge >= 0.3 is 6.18 Å². The molecule has 118 valence electrons. The first kappa shape index (κ1) is 17.5. The smallest absolute Gasteiger partial charge is 0.307 e. The summed E-state index contributed by atoms with van der Waals surface area (Å²) in [7, 11) is 1.50. The van der Waals surface area contributed by atoms with Crippen LogP contribution in [0.25, 0.3) is 0 Å². The number of halogens is 4. The predicted molar refractivity (Wildman–Crippen MR) is 73.9 cm³/mol. The minimum absolute atomic E-state index is 0. The Kier molecular flexibility index (Phi) is 5.79. The lowest BCUT2D eigenvalue weighted by Crippen LogP contribution is -2.14. The number of hydrogen-bond acceptors (Lipinski definition) is 3. The van der Waals surface area contributed by atoms with Gasteiger partial charge in [-0.15, -0.1) is 12.4 Å². The van der Waals surface area contributed by atoms with Crippen molar-refractivity contribution in [3.63, 3.8) is 0 Å². The van der Waals surface area contributed by atoms with Crippen LogP contribution >= 0.6 is 12.4 Å². The summed E-state index contributed by atoms with van der Waals surface area (Å²) in [6.45, 7) is 3.64. The molecule has 0 saturated heterocycles. The number of nitrogens with zero attached hydrogens (tertiary/aromatic N) is 4. The Morgan fingerprint density at radius 1 is 1.29 bits per heavy atom. The Bertz CT molecular complexity index is 576. The third kappa shape index (κ3) is 4.47. The van der Waals surface area contributed by atoms with Gasteiger partial charge in [0.1, 0.15) is 0 Å². The van der Waals surface area contributed by atoms with Gasteiger partial charge in [-0.1, -0.05) is 0 Å². The van der Waals surface area contributed by atoms with Gasteiger partial charge < -0.3 is 5.32 Å². The Morgan fingerprint density at radius 3 is 2.52 bits per heavy atom. The third-order valence-corrected chi connectivity index (χ3v) is 2.91. The Balaban J connectivity index is 0.00000220. The largest absolute Gasteiger partial charge is 0.435 e. The quantitative estimate of drug-likeness (QED) is 0.919. The molecule has 21 heavy (non-hydrogen) atoms. The van der Waals surface area contributed by atoms with E-state index in [-0.39, 0.29) is 12.4 Å². The molecule has 0 spiro atoms. The molecule has 0 aliphatic carbocycles. The van der Waals surface area contributed by atoms with Gasteiger partial charge in [0.15, 0.2) is 5.69 Å². The van der Waals surface area contributed by atoms with Crippen molar-refractivity contribution >= 4 is 12.4 Å². The second-order valence-corrected chi connectivity index (χ2v) is 4.45. The topological polar surface area (TPSA) is 47.7 Å². The van der Waals surface area contributed by atoms with Crippen LogP contribution in [0, 0.1) is 0 Å². The summed E-state index contributed by atoms with van der Waals surface area (Å²) in [5.41, 5.74) is 0.612. The van der Waals surface area contributed by atoms with Crippen LogP contribution < -0.4 is 5.32 Å². The van der Waals surface area contributed by atoms with Crippen molar-refractivity contribution in [2.75, 3.05) is 0 Å². The van der Waals surface area contributed by atoms with Crippen LogP contribution in [0.4, 0.5) is 13.2 Å². The van der Waals surface area contributed by atoms with Crippen molar-refractivity contribution in [2.24, 2.45) is 7.05 Å². The van der Waals surface area contributed by atoms with Crippen molar-refractivity contribution < 1.29 is 13.2 Å². The standard InChI is InChI=1S/C12H16F3N5.ClH/c1-3-20-8-9(6-17-20)5-16-7-10-4-11(12(13,14)15)18-19(10)2;/h4,6,8,16H,3,5,7H2,1-2H3;1H. The maximum Gasteiger partial charge on any atom is 0.435 e. The summed E-state index contributed by atoms with van der Waals surface area (Å²) in [4.78, 5) is 0. The van der Waals surface area contributed by atoms with E-state index in [1.54, 1.807) is 10.9 Å². The van der Waals surface area contributed by atoms with Gasteiger partial charge in [0, 0.05) is 38.4 Å². The molecule has 0 unspecified atom stereocenters. The molecule has 2 rings (SSSR count). The van der Waals surface area contributed by atoms with E-state index in [2.05, 4.69) is 15.5 Å². The van der Waals surface area contributed by atoms with E-state index < -0.39 is 11.9 Å². The van der Waals surface area contributed by atoms with Crippen LogP contribution in [0.5, 0.6) is 0 Å². The van der Waals surface area contributed by atoms with Crippen LogP contribution in [-0.4, -0.2) is 19.6 Å². The summed E-state index contributed by atoms with van der Waals surface area (Å²) in [6, 6.07) is 1.06. The average molecular weight is 324 g/mol. The lowest BCUT2D eigenvalue weighted by molar-refractivity contribution is -0.141. The SMILES string of the molecule is CCn1cc(CNCc2cc(C(F)(F)F)nn2C)cn1.Cl. The molecule has 2 aromatic heterocycles. The second-order valence-electron chi connectivity index (χ2n) is 4.45. The molecule has 0 aliphatic heterocycles. The molecule has 0 fully saturated rings. The van der Waals surface area contributed by atoms with E-state index >= 15 is 0 Å². The highest BCUT2D eigenvalue weighted by molar-refractivity contribution is 5.85. The van der Waals surface area contributed by atoms with Crippen LogP contribution in [0.15, 0.2) is 18.5 Å². The number of aryl methyl sites for hydroxylation is 2. The fourth-order valence-electron chi connectivity index (χ4n) is 1.82. The van der Waals surface area contributed by atoms with Gasteiger partial charge in [-0.05, 0) is 13.0 Å². The molecule has 0 aromatic carbocycles. The fourth-order valence-corrected chi connectivity index (χ4v) is 1.82. The average Bonchev–Trinajstić information content (AvgIpc) is 2.96. The molecule has 0 saturated carbocycles. The molecule has 2 aromatic rings. The third-order valence-electron chi connectivity index (χ3n) is 2.91. The fraction of sp³-hybridized carbons (Fsp3) is 0.500. The summed E-state index contributed by atoms with van der Waals surface area (Å²) in [6.07, 6.45) is -0.767. The van der Waals surface area contributed by atoms with Gasteiger partial charge in [-0.2, -0.15) is 23.4 Å². The zero-order valence-corrected chi connectivity index (χ0v) is 12.5. The second kappa shape index (κ2) is 6.95. The van der Waals surface area contributed by atoms with Gasteiger partial charge in [-0.3, -0.25) is 9.36 Å². The van der Waals surface area contributed by atoms with Crippen molar-refractivity contribution in [3.8, 4) is 0 Å². The van der Waals surface area contributed by atoms with E-state index in [0.717, 1.165) is 18.2 Å². The molecule has 9 heteroatoms. The first-order valence-corrected chi connectivity index (χ1v) is 6.22. The van der Waals surface area contributed by atoms with Crippen molar-refractivity contribution in [1.82, 2.24) is 24.9 Å². The summed E-state index contributed by atoms with van der Waals surface area (Å²) in [5.74, 6) is 0. The van der Waals surface area contributed by atoms with Crippen molar-refractivity contribution in [2.45, 2.75) is 32.7 Å². The van der Waals surface area contributed by atoms with Crippen molar-refractivity contribution in [3.05, 3.63) is 35.4 Å². The first-order valence-electron chi connectivity index (χ1n) is 6.22. The monoisotopic (exact) mass is 323 g/mol. The van der Waals surface area contributed by atoms with Crippen LogP contribution in [0.2, 0.25) is 0 Å². The first-order chi connectivity index (χ1) is 9.40. The number of alkyl halides is 3. The summed E-state index contributed by atoms with van der Waals surface area (Å²) in [5, 5.41) is 10.7. The molecule has 0 amide bonds. The summed E-state index contributed by atoms with van der Waals surface area (Å²) >= 11 is 0. The van der Waals surface area contributed by atoms with E-state index in [1.165, 1.54) is 11.7 Å². The zero-order chi connectivity index (χ0) is 14.8. The van der Waals surface area contributed by atoms with E-state index in [9.17, 15) is 13.2 Å². The van der Waals surface area contributed by atoms with Gasteiger partial charge in [-0.25, -0.2) is 0 Å². The minimum atomic E-state index is -4.40. The molecular formula is C12H17ClF3N5. The lowest BCUT2D eigenvalue weighted by atomic mass is 10.3. The van der Waals surface area contributed by atoms with E-state index in [0.29, 0.717) is 18.8 Å². The van der Waals surface area contributed by atoms with Crippen LogP contribution in [0.1, 0.15) is 23.9 Å². The van der Waals surface area contributed by atoms with Crippen LogP contribution in [-0.2, 0) is 32.9 Å². The highest BCUT2D eigenvalue weighted by Gasteiger charge is 2.34. The molecule has 2 heterocycles. The van der Waals surface area contributed by atoms with E-state index in [1.807, 2.05) is 13.1 Å². The highest BCUT2D eigenvalue weighted by atomic mass is 35.5. The number of aromatic nitrogens is 4. The van der Waals surface area contributed by atoms with E-state index in [4.69, 9.17) is 0 Å². The maximum absolute atomic E-state index is 12.5. The summed E-state index contributed by atoms with van der Waals surface area (Å²) < 4.78 is 40.5. The maximum atomic E-state index is 12.5. The Labute approximate surface area is 126 Å². The molecule has 0 aliphatic rings. The number of hydrogen-bond donors (Lipinski definition) is 1. The minimum Gasteiger partial charge on any atom is -0.307 e. The molecule has 1 N–H and O–H groups in total. The molecule has 0 atom stereocenters. The molecule has 5 nitrogen and oxygen atoms in total. The molecule has 0 bridgehead atoms. The normalized spacial score (nSPS) is 11.5. The molecular weight excluding hydrogens is 307 g/mol. The van der Waals surface area contributed by atoms with Gasteiger partial charge in [0.2, 0.25) is 0 Å². The predicted octanol–water partition coefficient (Wildman–Crippen LogP) is 2.37. The Hall–Kier alpha value is -1.54. The zero-order valence-electron chi connectivity index (χ0n) is 11.7. The van der Waals surface area contributed by atoms with Crippen LogP contribution in [0.3, 0.4) is 0 Å². The number of rotatable bonds is 5. The van der Waals surface area contributed by atoms with Gasteiger partial charge in [0.25, 0.3) is 0 Å². The van der Waals surface area contributed by atoms with Gasteiger partial charge in [0.05, 0.1) is 11.9 Å². The lowest BCUT2D eigenvalue weighted by Gasteiger charge is -2.03. The molecule has 0 radical (unpaired) electrons. The number of nitrogens with one attached hydrogen (secondary N) is 1. The van der Waals surface area contributed by atoms with Crippen molar-refractivity contribution in [1.29, 1.82) is 0 Å². The highest BCUT2D eigenvalue weighted by Crippen LogP contribution is 2.28. The Morgan fingerprint density at radius 2 is 2.00 bits per heavy atom.